The van der Waals surface area contributed by atoms with Crippen molar-refractivity contribution in [3.63, 3.8) is 0 Å². The van der Waals surface area contributed by atoms with Crippen molar-refractivity contribution in [3.05, 3.63) is 28.0 Å². The van der Waals surface area contributed by atoms with E-state index in [1.54, 1.807) is 0 Å². The Morgan fingerprint density at radius 3 is 2.21 bits per heavy atom. The van der Waals surface area contributed by atoms with Gasteiger partial charge in [-0.1, -0.05) is 23.2 Å². The molecular formula is C10H9Cl2N3O4. The van der Waals surface area contributed by atoms with Gasteiger partial charge in [0.2, 0.25) is 5.91 Å². The minimum absolute atomic E-state index is 0.0491. The lowest BCUT2D eigenvalue weighted by molar-refractivity contribution is -0.137. The number of aromatic nitrogens is 1. The Bertz CT molecular complexity index is 501. The van der Waals surface area contributed by atoms with Crippen LogP contribution in [0.25, 0.3) is 0 Å². The van der Waals surface area contributed by atoms with Gasteiger partial charge in [0.1, 0.15) is 16.9 Å². The van der Waals surface area contributed by atoms with E-state index in [-0.39, 0.29) is 22.4 Å². The molecule has 0 atom stereocenters. The number of carbonyl (C=O) groups is 3. The summed E-state index contributed by atoms with van der Waals surface area (Å²) in [7, 11) is 0. The molecule has 7 nitrogen and oxygen atoms in total. The third-order valence-corrected chi connectivity index (χ3v) is 2.26. The first-order chi connectivity index (χ1) is 8.88. The van der Waals surface area contributed by atoms with Crippen LogP contribution in [0.1, 0.15) is 10.4 Å². The highest BCUT2D eigenvalue weighted by molar-refractivity contribution is 6.33. The molecule has 0 saturated carbocycles. The van der Waals surface area contributed by atoms with Gasteiger partial charge < -0.3 is 15.7 Å². The third kappa shape index (κ3) is 5.54. The monoisotopic (exact) mass is 305 g/mol. The molecule has 0 spiro atoms. The quantitative estimate of drug-likeness (QED) is 0.679. The van der Waals surface area contributed by atoms with Crippen LogP contribution in [0.3, 0.4) is 0 Å². The number of carbonyl (C=O) groups excluding carboxylic acids is 2. The molecule has 3 N–H and O–H groups in total. The molecule has 0 aliphatic heterocycles. The molecule has 0 aliphatic rings. The number of carboxylic acid groups (broad SMARTS) is 1. The number of halogens is 2. The van der Waals surface area contributed by atoms with Crippen LogP contribution in [-0.2, 0) is 9.59 Å². The number of nitrogens with zero attached hydrogens (tertiary/aromatic N) is 1. The predicted octanol–water partition coefficient (Wildman–Crippen LogP) is 0.319. The SMILES string of the molecule is O=C(O)CNC(=O)CNC(=O)c1cc(Cl)nc(Cl)c1. The van der Waals surface area contributed by atoms with Crippen LogP contribution in [0.4, 0.5) is 0 Å². The van der Waals surface area contributed by atoms with Crippen LogP contribution in [0.5, 0.6) is 0 Å². The molecule has 0 unspecified atom stereocenters. The van der Waals surface area contributed by atoms with Crippen LogP contribution in [0.15, 0.2) is 12.1 Å². The lowest BCUT2D eigenvalue weighted by atomic mass is 10.2. The Morgan fingerprint density at radius 1 is 1.11 bits per heavy atom. The van der Waals surface area contributed by atoms with Crippen LogP contribution < -0.4 is 10.6 Å². The second-order valence-corrected chi connectivity index (χ2v) is 4.13. The van der Waals surface area contributed by atoms with Gasteiger partial charge in [0.25, 0.3) is 5.91 Å². The number of hydrogen-bond acceptors (Lipinski definition) is 4. The fourth-order valence-corrected chi connectivity index (χ4v) is 1.56. The summed E-state index contributed by atoms with van der Waals surface area (Å²) in [5.41, 5.74) is 0.149. The highest BCUT2D eigenvalue weighted by Crippen LogP contribution is 2.14. The van der Waals surface area contributed by atoms with Gasteiger partial charge in [-0.15, -0.1) is 0 Å². The van der Waals surface area contributed by atoms with Crippen molar-refractivity contribution in [3.8, 4) is 0 Å². The molecule has 0 bridgehead atoms. The zero-order chi connectivity index (χ0) is 14.4. The fourth-order valence-electron chi connectivity index (χ4n) is 1.10. The lowest BCUT2D eigenvalue weighted by Gasteiger charge is -2.06. The smallest absolute Gasteiger partial charge is 0.322 e. The summed E-state index contributed by atoms with van der Waals surface area (Å²) in [5, 5.41) is 12.8. The van der Waals surface area contributed by atoms with E-state index in [9.17, 15) is 14.4 Å². The molecule has 1 aromatic rings. The van der Waals surface area contributed by atoms with Crippen molar-refractivity contribution in [2.75, 3.05) is 13.1 Å². The number of nitrogens with one attached hydrogen (secondary N) is 2. The summed E-state index contributed by atoms with van der Waals surface area (Å²) in [6, 6.07) is 2.58. The zero-order valence-corrected chi connectivity index (χ0v) is 11.0. The Labute approximate surface area is 117 Å². The van der Waals surface area contributed by atoms with Crippen molar-refractivity contribution in [2.24, 2.45) is 0 Å². The van der Waals surface area contributed by atoms with Gasteiger partial charge in [0.15, 0.2) is 0 Å². The summed E-state index contributed by atoms with van der Waals surface area (Å²) in [6.45, 7) is -0.870. The minimum Gasteiger partial charge on any atom is -0.480 e. The lowest BCUT2D eigenvalue weighted by Crippen LogP contribution is -2.39. The van der Waals surface area contributed by atoms with Gasteiger partial charge in [0.05, 0.1) is 6.54 Å². The van der Waals surface area contributed by atoms with Gasteiger partial charge in [-0.25, -0.2) is 4.98 Å². The number of rotatable bonds is 5. The number of amides is 2. The van der Waals surface area contributed by atoms with Gasteiger partial charge in [-0.3, -0.25) is 14.4 Å². The predicted molar refractivity (Wildman–Crippen MR) is 67.2 cm³/mol. The average molecular weight is 306 g/mol. The Morgan fingerprint density at radius 2 is 1.68 bits per heavy atom. The van der Waals surface area contributed by atoms with Crippen LogP contribution in [0.2, 0.25) is 10.3 Å². The molecule has 0 aliphatic carbocycles. The first-order valence-electron chi connectivity index (χ1n) is 4.98. The van der Waals surface area contributed by atoms with Crippen molar-refractivity contribution in [1.82, 2.24) is 15.6 Å². The second-order valence-electron chi connectivity index (χ2n) is 3.35. The molecular weight excluding hydrogens is 297 g/mol. The van der Waals surface area contributed by atoms with Crippen LogP contribution >= 0.6 is 23.2 Å². The fraction of sp³-hybridized carbons (Fsp3) is 0.200. The van der Waals surface area contributed by atoms with E-state index < -0.39 is 24.3 Å². The third-order valence-electron chi connectivity index (χ3n) is 1.87. The summed E-state index contributed by atoms with van der Waals surface area (Å²) < 4.78 is 0. The molecule has 0 saturated heterocycles. The maximum Gasteiger partial charge on any atom is 0.322 e. The topological polar surface area (TPSA) is 108 Å². The standard InChI is InChI=1S/C10H9Cl2N3O4/c11-6-1-5(2-7(12)15-6)10(19)14-3-8(16)13-4-9(17)18/h1-2H,3-4H2,(H,13,16)(H,14,19)(H,17,18). The zero-order valence-electron chi connectivity index (χ0n) is 9.44. The molecule has 1 heterocycles. The van der Waals surface area contributed by atoms with E-state index in [2.05, 4.69) is 15.6 Å². The molecule has 102 valence electrons. The maximum absolute atomic E-state index is 11.6. The van der Waals surface area contributed by atoms with Gasteiger partial charge >= 0.3 is 5.97 Å². The molecule has 1 aromatic heterocycles. The maximum atomic E-state index is 11.6. The van der Waals surface area contributed by atoms with Crippen molar-refractivity contribution < 1.29 is 19.5 Å². The number of aliphatic carboxylic acids is 1. The summed E-state index contributed by atoms with van der Waals surface area (Å²) in [5.74, 6) is -2.37. The molecule has 1 rings (SSSR count). The molecule has 9 heteroatoms. The molecule has 2 amide bonds. The van der Waals surface area contributed by atoms with E-state index in [0.717, 1.165) is 0 Å². The van der Waals surface area contributed by atoms with Crippen molar-refractivity contribution >= 4 is 41.0 Å². The second kappa shape index (κ2) is 6.91. The average Bonchev–Trinajstić information content (AvgIpc) is 2.32. The number of pyridine rings is 1. The van der Waals surface area contributed by atoms with E-state index >= 15 is 0 Å². The van der Waals surface area contributed by atoms with Crippen LogP contribution in [-0.4, -0.2) is 41.0 Å². The largest absolute Gasteiger partial charge is 0.480 e. The highest BCUT2D eigenvalue weighted by Gasteiger charge is 2.10. The Balaban J connectivity index is 2.51. The first-order valence-corrected chi connectivity index (χ1v) is 5.74. The van der Waals surface area contributed by atoms with Crippen LogP contribution in [0, 0.1) is 0 Å². The van der Waals surface area contributed by atoms with Crippen molar-refractivity contribution in [1.29, 1.82) is 0 Å². The molecule has 0 radical (unpaired) electrons. The Kier molecular flexibility index (Phi) is 5.53. The summed E-state index contributed by atoms with van der Waals surface area (Å²) in [6.07, 6.45) is 0. The van der Waals surface area contributed by atoms with E-state index in [4.69, 9.17) is 28.3 Å². The van der Waals surface area contributed by atoms with Gasteiger partial charge in [-0.05, 0) is 12.1 Å². The summed E-state index contributed by atoms with van der Waals surface area (Å²) in [4.78, 5) is 36.7. The van der Waals surface area contributed by atoms with E-state index in [1.165, 1.54) is 12.1 Å². The van der Waals surface area contributed by atoms with Gasteiger partial charge in [-0.2, -0.15) is 0 Å². The molecule has 0 fully saturated rings. The minimum atomic E-state index is -1.17. The summed E-state index contributed by atoms with van der Waals surface area (Å²) >= 11 is 11.2. The number of carboxylic acids is 1. The Hall–Kier alpha value is -1.86. The van der Waals surface area contributed by atoms with Gasteiger partial charge in [0, 0.05) is 5.56 Å². The molecule has 0 aromatic carbocycles. The number of hydrogen-bond donors (Lipinski definition) is 3. The normalized spacial score (nSPS) is 9.79. The van der Waals surface area contributed by atoms with E-state index in [0.29, 0.717) is 0 Å². The highest BCUT2D eigenvalue weighted by atomic mass is 35.5. The van der Waals surface area contributed by atoms with Crippen molar-refractivity contribution in [2.45, 2.75) is 0 Å². The van der Waals surface area contributed by atoms with E-state index in [1.807, 2.05) is 0 Å². The first kappa shape index (κ1) is 15.2. The molecule has 19 heavy (non-hydrogen) atoms.